The molecule has 2 heterocycles. The minimum absolute atomic E-state index is 0.0680. The van der Waals surface area contributed by atoms with Gasteiger partial charge in [0.1, 0.15) is 24.4 Å². The van der Waals surface area contributed by atoms with E-state index in [-0.39, 0.29) is 12.1 Å². The molecule has 0 bridgehead atoms. The van der Waals surface area contributed by atoms with E-state index in [1.54, 1.807) is 12.0 Å². The van der Waals surface area contributed by atoms with E-state index in [4.69, 9.17) is 14.2 Å². The van der Waals surface area contributed by atoms with Crippen LogP contribution in [0.4, 0.5) is 16.3 Å². The van der Waals surface area contributed by atoms with Crippen LogP contribution in [0.1, 0.15) is 33.6 Å². The fraction of sp³-hybridized carbons (Fsp3) is 0.400. The van der Waals surface area contributed by atoms with Gasteiger partial charge in [-0.3, -0.25) is 0 Å². The first-order chi connectivity index (χ1) is 16.2. The second-order valence-corrected chi connectivity index (χ2v) is 10.1. The first kappa shape index (κ1) is 24.1. The number of nitrogens with zero attached hydrogens (tertiary/aromatic N) is 3. The number of nitrogens with one attached hydrogen (secondary N) is 1. The number of hydrogen-bond acceptors (Lipinski definition) is 7. The summed E-state index contributed by atoms with van der Waals surface area (Å²) in [6.45, 7) is 6.60. The summed E-state index contributed by atoms with van der Waals surface area (Å²) in [6, 6.07) is 11.5. The van der Waals surface area contributed by atoms with E-state index in [1.807, 2.05) is 57.2 Å². The predicted octanol–water partition coefficient (Wildman–Crippen LogP) is 5.92. The Morgan fingerprint density at radius 2 is 2.03 bits per heavy atom. The first-order valence-electron chi connectivity index (χ1n) is 11.2. The normalized spacial score (nSPS) is 15.9. The summed E-state index contributed by atoms with van der Waals surface area (Å²) >= 11 is 3.49. The third-order valence-corrected chi connectivity index (χ3v) is 5.94. The lowest BCUT2D eigenvalue weighted by Crippen LogP contribution is -2.42. The molecule has 1 fully saturated rings. The van der Waals surface area contributed by atoms with Crippen molar-refractivity contribution >= 4 is 44.4 Å². The summed E-state index contributed by atoms with van der Waals surface area (Å²) in [5.41, 5.74) is 1.09. The molecule has 9 heteroatoms. The summed E-state index contributed by atoms with van der Waals surface area (Å²) < 4.78 is 18.3. The van der Waals surface area contributed by atoms with Crippen molar-refractivity contribution < 1.29 is 19.0 Å². The minimum Gasteiger partial charge on any atom is -0.493 e. The molecule has 0 aliphatic carbocycles. The maximum atomic E-state index is 12.6. The Labute approximate surface area is 207 Å². The van der Waals surface area contributed by atoms with E-state index in [2.05, 4.69) is 31.2 Å². The lowest BCUT2D eigenvalue weighted by Gasteiger charge is -2.28. The van der Waals surface area contributed by atoms with Gasteiger partial charge in [-0.05, 0) is 57.9 Å². The van der Waals surface area contributed by atoms with Crippen molar-refractivity contribution in [2.45, 2.75) is 45.3 Å². The number of likely N-dealkylation sites (tertiary alicyclic amines) is 1. The van der Waals surface area contributed by atoms with Crippen LogP contribution in [-0.4, -0.2) is 52.9 Å². The Balaban J connectivity index is 1.56. The maximum Gasteiger partial charge on any atom is 0.410 e. The van der Waals surface area contributed by atoms with E-state index >= 15 is 0 Å². The standard InChI is InChI=1S/C25H29BrN4O4/c1-25(2,3)34-24(31)30-10-6-9-18(30)14-33-22-12-19-20(13-21(22)32-4)27-15-28-23(19)29-17-8-5-7-16(26)11-17/h5,7-8,11-13,15,18H,6,9-10,14H2,1-4H3,(H,27,28,29). The number of fused-ring (bicyclic) bond motifs is 1. The van der Waals surface area contributed by atoms with E-state index < -0.39 is 5.60 Å². The number of carbonyl (C=O) groups is 1. The van der Waals surface area contributed by atoms with Crippen LogP contribution in [0.3, 0.4) is 0 Å². The van der Waals surface area contributed by atoms with E-state index in [9.17, 15) is 4.79 Å². The van der Waals surface area contributed by atoms with Crippen LogP contribution in [0.5, 0.6) is 11.5 Å². The van der Waals surface area contributed by atoms with Crippen molar-refractivity contribution in [3.8, 4) is 11.5 Å². The molecular weight excluding hydrogens is 500 g/mol. The van der Waals surface area contributed by atoms with Crippen LogP contribution in [0.15, 0.2) is 47.2 Å². The van der Waals surface area contributed by atoms with Gasteiger partial charge >= 0.3 is 6.09 Å². The van der Waals surface area contributed by atoms with E-state index in [1.165, 1.54) is 6.33 Å². The molecule has 1 aliphatic heterocycles. The summed E-state index contributed by atoms with van der Waals surface area (Å²) in [6.07, 6.45) is 2.97. The second kappa shape index (κ2) is 10.0. The largest absolute Gasteiger partial charge is 0.493 e. The number of amides is 1. The number of rotatable bonds is 6. The van der Waals surface area contributed by atoms with Gasteiger partial charge in [0.05, 0.1) is 18.7 Å². The predicted molar refractivity (Wildman–Crippen MR) is 135 cm³/mol. The average molecular weight is 529 g/mol. The van der Waals surface area contributed by atoms with Gasteiger partial charge in [0, 0.05) is 28.2 Å². The zero-order chi connectivity index (χ0) is 24.3. The highest BCUT2D eigenvalue weighted by Gasteiger charge is 2.32. The monoisotopic (exact) mass is 528 g/mol. The number of methoxy groups -OCH3 is 1. The zero-order valence-corrected chi connectivity index (χ0v) is 21.4. The first-order valence-corrected chi connectivity index (χ1v) is 12.0. The highest BCUT2D eigenvalue weighted by molar-refractivity contribution is 9.10. The van der Waals surface area contributed by atoms with Crippen LogP contribution in [-0.2, 0) is 4.74 Å². The van der Waals surface area contributed by atoms with Gasteiger partial charge in [0.2, 0.25) is 0 Å². The van der Waals surface area contributed by atoms with Crippen LogP contribution >= 0.6 is 15.9 Å². The third kappa shape index (κ3) is 5.70. The Morgan fingerprint density at radius 3 is 2.76 bits per heavy atom. The average Bonchev–Trinajstić information content (AvgIpc) is 3.25. The van der Waals surface area contributed by atoms with E-state index in [0.717, 1.165) is 33.9 Å². The molecule has 3 aromatic rings. The van der Waals surface area contributed by atoms with Gasteiger partial charge in [-0.25, -0.2) is 14.8 Å². The lowest BCUT2D eigenvalue weighted by molar-refractivity contribution is 0.0187. The topological polar surface area (TPSA) is 85.8 Å². The van der Waals surface area contributed by atoms with Crippen molar-refractivity contribution in [2.75, 3.05) is 25.6 Å². The van der Waals surface area contributed by atoms with Crippen LogP contribution in [0.25, 0.3) is 10.9 Å². The summed E-state index contributed by atoms with van der Waals surface area (Å²) in [5, 5.41) is 4.15. The molecule has 1 atom stereocenters. The van der Waals surface area contributed by atoms with Gasteiger partial charge < -0.3 is 24.4 Å². The minimum atomic E-state index is -0.537. The number of hydrogen-bond donors (Lipinski definition) is 1. The molecule has 2 aromatic carbocycles. The molecule has 1 saturated heterocycles. The quantitative estimate of drug-likeness (QED) is 0.424. The Kier molecular flexibility index (Phi) is 7.11. The number of carbonyl (C=O) groups excluding carboxylic acids is 1. The van der Waals surface area contributed by atoms with Gasteiger partial charge in [-0.15, -0.1) is 0 Å². The molecule has 1 N–H and O–H groups in total. The molecule has 34 heavy (non-hydrogen) atoms. The number of anilines is 2. The molecular formula is C25H29BrN4O4. The highest BCUT2D eigenvalue weighted by atomic mass is 79.9. The molecule has 1 unspecified atom stereocenters. The molecule has 0 spiro atoms. The molecule has 4 rings (SSSR count). The fourth-order valence-electron chi connectivity index (χ4n) is 3.89. The zero-order valence-electron chi connectivity index (χ0n) is 19.8. The van der Waals surface area contributed by atoms with Crippen LogP contribution < -0.4 is 14.8 Å². The van der Waals surface area contributed by atoms with Gasteiger partial charge in [-0.2, -0.15) is 0 Å². The van der Waals surface area contributed by atoms with Gasteiger partial charge in [0.15, 0.2) is 11.5 Å². The summed E-state index contributed by atoms with van der Waals surface area (Å²) in [4.78, 5) is 23.2. The van der Waals surface area contributed by atoms with Crippen molar-refractivity contribution in [3.05, 3.63) is 47.2 Å². The third-order valence-electron chi connectivity index (χ3n) is 5.44. The number of halogens is 1. The molecule has 1 aromatic heterocycles. The Bertz CT molecular complexity index is 1180. The SMILES string of the molecule is COc1cc2ncnc(Nc3cccc(Br)c3)c2cc1OCC1CCCN1C(=O)OC(C)(C)C. The maximum absolute atomic E-state index is 12.6. The molecule has 180 valence electrons. The highest BCUT2D eigenvalue weighted by Crippen LogP contribution is 2.35. The number of ether oxygens (including phenoxy) is 3. The van der Waals surface area contributed by atoms with Crippen molar-refractivity contribution in [1.29, 1.82) is 0 Å². The Hall–Kier alpha value is -3.07. The fourth-order valence-corrected chi connectivity index (χ4v) is 4.29. The van der Waals surface area contributed by atoms with Gasteiger partial charge in [-0.1, -0.05) is 22.0 Å². The molecule has 1 amide bonds. The molecule has 8 nitrogen and oxygen atoms in total. The molecule has 1 aliphatic rings. The van der Waals surface area contributed by atoms with E-state index in [0.29, 0.717) is 30.5 Å². The summed E-state index contributed by atoms with van der Waals surface area (Å²) in [7, 11) is 1.60. The lowest BCUT2D eigenvalue weighted by atomic mass is 10.2. The van der Waals surface area contributed by atoms with Crippen molar-refractivity contribution in [3.63, 3.8) is 0 Å². The summed E-state index contributed by atoms with van der Waals surface area (Å²) in [5.74, 6) is 1.80. The second-order valence-electron chi connectivity index (χ2n) is 9.16. The van der Waals surface area contributed by atoms with Crippen LogP contribution in [0.2, 0.25) is 0 Å². The number of benzene rings is 2. The van der Waals surface area contributed by atoms with Gasteiger partial charge in [0.25, 0.3) is 0 Å². The van der Waals surface area contributed by atoms with Crippen LogP contribution in [0, 0.1) is 0 Å². The Morgan fingerprint density at radius 1 is 1.21 bits per heavy atom. The number of aromatic nitrogens is 2. The molecule has 0 saturated carbocycles. The van der Waals surface area contributed by atoms with Crippen molar-refractivity contribution in [1.82, 2.24) is 14.9 Å². The van der Waals surface area contributed by atoms with Crippen molar-refractivity contribution in [2.24, 2.45) is 0 Å². The smallest absolute Gasteiger partial charge is 0.410 e. The molecule has 0 radical (unpaired) electrons.